The second-order valence-electron chi connectivity index (χ2n) is 9.04. The third-order valence-corrected chi connectivity index (χ3v) is 6.56. The SMILES string of the molecule is CO[C@@H]1CN(C)C(=O)c2ccc(NC(=O)Nc3ccccc3Cl)cc2OC[C@@H](C)N(C(C)=O)C[C@H]1C. The molecule has 0 fully saturated rings. The van der Waals surface area contributed by atoms with Gasteiger partial charge in [0.05, 0.1) is 28.4 Å². The van der Waals surface area contributed by atoms with Crippen molar-refractivity contribution >= 4 is 40.8 Å². The number of nitrogens with one attached hydrogen (secondary N) is 2. The average molecular weight is 517 g/mol. The van der Waals surface area contributed by atoms with E-state index in [0.717, 1.165) is 0 Å². The molecule has 1 aliphatic rings. The first-order valence-electron chi connectivity index (χ1n) is 11.8. The fourth-order valence-electron chi connectivity index (χ4n) is 4.14. The van der Waals surface area contributed by atoms with Crippen molar-refractivity contribution in [2.75, 3.05) is 44.5 Å². The Hall–Kier alpha value is -3.30. The number of benzene rings is 2. The van der Waals surface area contributed by atoms with E-state index in [2.05, 4.69) is 10.6 Å². The standard InChI is InChI=1S/C26H33ClN4O5/c1-16-13-31(18(3)32)17(2)15-36-23-12-19(28-26(34)29-22-9-7-6-8-21(22)27)10-11-20(23)25(33)30(4)14-24(16)35-5/h6-12,16-17,24H,13-15H2,1-5H3,(H2,28,29,34)/t16-,17-,24-/m1/s1. The van der Waals surface area contributed by atoms with Gasteiger partial charge in [-0.15, -0.1) is 0 Å². The topological polar surface area (TPSA) is 100 Å². The van der Waals surface area contributed by atoms with Crippen LogP contribution in [0, 0.1) is 5.92 Å². The van der Waals surface area contributed by atoms with Gasteiger partial charge in [-0.25, -0.2) is 4.79 Å². The van der Waals surface area contributed by atoms with Crippen molar-refractivity contribution in [3.63, 3.8) is 0 Å². The van der Waals surface area contributed by atoms with Gasteiger partial charge < -0.3 is 29.9 Å². The predicted octanol–water partition coefficient (Wildman–Crippen LogP) is 4.34. The maximum absolute atomic E-state index is 13.3. The smallest absolute Gasteiger partial charge is 0.323 e. The Balaban J connectivity index is 1.88. The average Bonchev–Trinajstić information content (AvgIpc) is 2.84. The van der Waals surface area contributed by atoms with Gasteiger partial charge >= 0.3 is 6.03 Å². The molecule has 36 heavy (non-hydrogen) atoms. The zero-order valence-electron chi connectivity index (χ0n) is 21.2. The predicted molar refractivity (Wildman–Crippen MR) is 140 cm³/mol. The van der Waals surface area contributed by atoms with Crippen molar-refractivity contribution in [1.29, 1.82) is 0 Å². The number of methoxy groups -OCH3 is 1. The number of urea groups is 1. The van der Waals surface area contributed by atoms with Crippen LogP contribution in [0.3, 0.4) is 0 Å². The van der Waals surface area contributed by atoms with Crippen LogP contribution in [0.25, 0.3) is 0 Å². The lowest BCUT2D eigenvalue weighted by molar-refractivity contribution is -0.133. The van der Waals surface area contributed by atoms with Gasteiger partial charge in [0.2, 0.25) is 5.91 Å². The van der Waals surface area contributed by atoms with Crippen LogP contribution in [0.5, 0.6) is 5.75 Å². The third-order valence-electron chi connectivity index (χ3n) is 6.23. The summed E-state index contributed by atoms with van der Waals surface area (Å²) < 4.78 is 11.7. The number of carbonyl (C=O) groups is 3. The molecule has 0 saturated heterocycles. The molecule has 0 radical (unpaired) electrons. The highest BCUT2D eigenvalue weighted by molar-refractivity contribution is 6.33. The number of carbonyl (C=O) groups excluding carboxylic acids is 3. The second kappa shape index (κ2) is 12.1. The highest BCUT2D eigenvalue weighted by atomic mass is 35.5. The summed E-state index contributed by atoms with van der Waals surface area (Å²) in [6.07, 6.45) is -0.258. The van der Waals surface area contributed by atoms with E-state index in [1.54, 1.807) is 66.4 Å². The summed E-state index contributed by atoms with van der Waals surface area (Å²) in [5.41, 5.74) is 1.25. The zero-order valence-corrected chi connectivity index (χ0v) is 22.0. The molecule has 9 nitrogen and oxygen atoms in total. The molecule has 0 spiro atoms. The number of para-hydroxylation sites is 1. The number of likely N-dealkylation sites (N-methyl/N-ethyl adjacent to an activating group) is 1. The number of fused-ring (bicyclic) bond motifs is 1. The van der Waals surface area contributed by atoms with E-state index in [1.807, 2.05) is 13.8 Å². The number of halogens is 1. The minimum absolute atomic E-state index is 0.00120. The van der Waals surface area contributed by atoms with E-state index in [4.69, 9.17) is 21.1 Å². The molecule has 0 aromatic heterocycles. The summed E-state index contributed by atoms with van der Waals surface area (Å²) >= 11 is 6.12. The minimum atomic E-state index is -0.493. The molecule has 1 heterocycles. The molecule has 2 aromatic carbocycles. The fourth-order valence-corrected chi connectivity index (χ4v) is 4.32. The Morgan fingerprint density at radius 1 is 1.11 bits per heavy atom. The Labute approximate surface area is 216 Å². The van der Waals surface area contributed by atoms with Crippen molar-refractivity contribution in [2.24, 2.45) is 5.92 Å². The molecular weight excluding hydrogens is 484 g/mol. The summed E-state index contributed by atoms with van der Waals surface area (Å²) in [6.45, 7) is 6.41. The van der Waals surface area contributed by atoms with Gasteiger partial charge in [-0.3, -0.25) is 9.59 Å². The third kappa shape index (κ3) is 6.67. The first-order chi connectivity index (χ1) is 17.1. The van der Waals surface area contributed by atoms with Crippen LogP contribution in [-0.2, 0) is 9.53 Å². The Kier molecular flexibility index (Phi) is 9.17. The molecule has 0 bridgehead atoms. The number of anilines is 2. The summed E-state index contributed by atoms with van der Waals surface area (Å²) in [6, 6.07) is 11.0. The zero-order chi connectivity index (χ0) is 26.4. The van der Waals surface area contributed by atoms with Gasteiger partial charge in [0.1, 0.15) is 12.4 Å². The lowest BCUT2D eigenvalue weighted by Gasteiger charge is -2.35. The summed E-state index contributed by atoms with van der Waals surface area (Å²) in [5.74, 6) is 0.00295. The molecule has 194 valence electrons. The molecule has 3 rings (SSSR count). The number of hydrogen-bond donors (Lipinski definition) is 2. The number of ether oxygens (including phenoxy) is 2. The highest BCUT2D eigenvalue weighted by Gasteiger charge is 2.29. The molecule has 0 aliphatic carbocycles. The Morgan fingerprint density at radius 3 is 2.50 bits per heavy atom. The number of amides is 4. The number of rotatable bonds is 3. The van der Waals surface area contributed by atoms with E-state index >= 15 is 0 Å². The van der Waals surface area contributed by atoms with E-state index in [-0.39, 0.29) is 36.5 Å². The highest BCUT2D eigenvalue weighted by Crippen LogP contribution is 2.27. The maximum Gasteiger partial charge on any atom is 0.323 e. The van der Waals surface area contributed by atoms with Crippen LogP contribution in [-0.4, -0.2) is 73.6 Å². The van der Waals surface area contributed by atoms with Crippen molar-refractivity contribution < 1.29 is 23.9 Å². The molecule has 2 N–H and O–H groups in total. The van der Waals surface area contributed by atoms with Crippen LogP contribution in [0.4, 0.5) is 16.2 Å². The molecule has 2 aromatic rings. The van der Waals surface area contributed by atoms with Crippen LogP contribution in [0.2, 0.25) is 5.02 Å². The molecule has 3 atom stereocenters. The Morgan fingerprint density at radius 2 is 1.83 bits per heavy atom. The lowest BCUT2D eigenvalue weighted by atomic mass is 10.0. The van der Waals surface area contributed by atoms with Crippen LogP contribution >= 0.6 is 11.6 Å². The summed E-state index contributed by atoms with van der Waals surface area (Å²) in [7, 11) is 3.31. The molecule has 0 unspecified atom stereocenters. The molecular formula is C26H33ClN4O5. The molecule has 0 saturated carbocycles. The lowest BCUT2D eigenvalue weighted by Crippen LogP contribution is -2.48. The van der Waals surface area contributed by atoms with Gasteiger partial charge in [0.25, 0.3) is 5.91 Å². The van der Waals surface area contributed by atoms with Gasteiger partial charge in [0.15, 0.2) is 0 Å². The quantitative estimate of drug-likeness (QED) is 0.632. The number of hydrogen-bond acceptors (Lipinski definition) is 5. The van der Waals surface area contributed by atoms with E-state index in [9.17, 15) is 14.4 Å². The van der Waals surface area contributed by atoms with Gasteiger partial charge in [-0.1, -0.05) is 30.7 Å². The van der Waals surface area contributed by atoms with Crippen LogP contribution in [0.1, 0.15) is 31.1 Å². The largest absolute Gasteiger partial charge is 0.491 e. The number of nitrogens with zero attached hydrogens (tertiary/aromatic N) is 2. The van der Waals surface area contributed by atoms with E-state index < -0.39 is 6.03 Å². The van der Waals surface area contributed by atoms with E-state index in [1.165, 1.54) is 6.92 Å². The monoisotopic (exact) mass is 516 g/mol. The van der Waals surface area contributed by atoms with Gasteiger partial charge in [-0.2, -0.15) is 0 Å². The van der Waals surface area contributed by atoms with Crippen molar-refractivity contribution in [3.05, 3.63) is 53.1 Å². The fraction of sp³-hybridized carbons (Fsp3) is 0.423. The summed E-state index contributed by atoms with van der Waals surface area (Å²) in [4.78, 5) is 41.5. The van der Waals surface area contributed by atoms with Crippen molar-refractivity contribution in [1.82, 2.24) is 9.80 Å². The first-order valence-corrected chi connectivity index (χ1v) is 12.1. The Bertz CT molecular complexity index is 1110. The maximum atomic E-state index is 13.3. The minimum Gasteiger partial charge on any atom is -0.491 e. The van der Waals surface area contributed by atoms with E-state index in [0.29, 0.717) is 40.8 Å². The van der Waals surface area contributed by atoms with Crippen LogP contribution < -0.4 is 15.4 Å². The summed E-state index contributed by atoms with van der Waals surface area (Å²) in [5, 5.41) is 5.85. The van der Waals surface area contributed by atoms with Crippen LogP contribution in [0.15, 0.2) is 42.5 Å². The molecule has 4 amide bonds. The van der Waals surface area contributed by atoms with Gasteiger partial charge in [-0.05, 0) is 31.2 Å². The first kappa shape index (κ1) is 27.3. The van der Waals surface area contributed by atoms with Crippen molar-refractivity contribution in [3.8, 4) is 5.75 Å². The molecule has 1 aliphatic heterocycles. The molecule has 10 heteroatoms. The second-order valence-corrected chi connectivity index (χ2v) is 9.45. The van der Waals surface area contributed by atoms with Crippen molar-refractivity contribution in [2.45, 2.75) is 32.9 Å². The van der Waals surface area contributed by atoms with Gasteiger partial charge in [0, 0.05) is 51.8 Å². The normalized spacial score (nSPS) is 20.9.